The second-order valence-electron chi connectivity index (χ2n) is 4.60. The topological polar surface area (TPSA) is 83.9 Å². The highest BCUT2D eigenvalue weighted by molar-refractivity contribution is 7.89. The van der Waals surface area contributed by atoms with Gasteiger partial charge in [0.2, 0.25) is 10.0 Å². The van der Waals surface area contributed by atoms with Crippen molar-refractivity contribution in [3.05, 3.63) is 22.2 Å². The molecule has 116 valence electrons. The average Bonchev–Trinajstić information content (AvgIpc) is 2.91. The van der Waals surface area contributed by atoms with Gasteiger partial charge in [0.25, 0.3) is 0 Å². The molecule has 0 spiro atoms. The molecule has 1 aliphatic rings. The van der Waals surface area contributed by atoms with Gasteiger partial charge in [-0.25, -0.2) is 8.42 Å². The molecule has 1 aliphatic heterocycles. The Morgan fingerprint density at radius 2 is 2.05 bits per heavy atom. The summed E-state index contributed by atoms with van der Waals surface area (Å²) in [6.45, 7) is 0.0664. The molecular weight excluding hydrogens is 341 g/mol. The van der Waals surface area contributed by atoms with E-state index in [9.17, 15) is 13.2 Å². The van der Waals surface area contributed by atoms with E-state index in [1.165, 1.54) is 19.2 Å². The van der Waals surface area contributed by atoms with Gasteiger partial charge in [0.1, 0.15) is 10.6 Å². The van der Waals surface area contributed by atoms with Crippen molar-refractivity contribution in [3.8, 4) is 5.75 Å². The normalized spacial score (nSPS) is 19.7. The van der Waals surface area contributed by atoms with Gasteiger partial charge < -0.3 is 9.84 Å². The summed E-state index contributed by atoms with van der Waals surface area (Å²) in [5.74, 6) is -1.44. The minimum absolute atomic E-state index is 0.0185. The minimum atomic E-state index is -3.89. The average molecular weight is 354 g/mol. The molecule has 0 aromatic heterocycles. The molecule has 0 bridgehead atoms. The number of carboxylic acids is 1. The van der Waals surface area contributed by atoms with Gasteiger partial charge in [0, 0.05) is 19.2 Å². The number of carboxylic acid groups (broad SMARTS) is 1. The first-order chi connectivity index (χ1) is 9.77. The van der Waals surface area contributed by atoms with Crippen molar-refractivity contribution in [1.29, 1.82) is 0 Å². The summed E-state index contributed by atoms with van der Waals surface area (Å²) in [6, 6.07) is 2.54. The summed E-state index contributed by atoms with van der Waals surface area (Å²) in [5, 5.41) is 9.05. The third kappa shape index (κ3) is 3.11. The van der Waals surface area contributed by atoms with Crippen LogP contribution >= 0.6 is 23.2 Å². The molecule has 1 saturated heterocycles. The molecule has 1 heterocycles. The van der Waals surface area contributed by atoms with Gasteiger partial charge >= 0.3 is 5.97 Å². The lowest BCUT2D eigenvalue weighted by Gasteiger charge is -2.17. The van der Waals surface area contributed by atoms with Crippen LogP contribution in [0.2, 0.25) is 10.0 Å². The molecule has 0 amide bonds. The zero-order valence-electron chi connectivity index (χ0n) is 11.0. The van der Waals surface area contributed by atoms with E-state index in [4.69, 9.17) is 33.0 Å². The van der Waals surface area contributed by atoms with Crippen molar-refractivity contribution in [3.63, 3.8) is 0 Å². The molecule has 0 saturated carbocycles. The Kier molecular flexibility index (Phi) is 4.67. The van der Waals surface area contributed by atoms with E-state index in [0.717, 1.165) is 4.31 Å². The Morgan fingerprint density at radius 3 is 2.57 bits per heavy atom. The summed E-state index contributed by atoms with van der Waals surface area (Å²) in [6.07, 6.45) is 0.274. The lowest BCUT2D eigenvalue weighted by molar-refractivity contribution is -0.141. The van der Waals surface area contributed by atoms with Crippen LogP contribution in [0.3, 0.4) is 0 Å². The lowest BCUT2D eigenvalue weighted by atomic mass is 10.1. The third-order valence-electron chi connectivity index (χ3n) is 3.32. The summed E-state index contributed by atoms with van der Waals surface area (Å²) in [4.78, 5) is 10.8. The molecule has 9 heteroatoms. The van der Waals surface area contributed by atoms with E-state index >= 15 is 0 Å². The van der Waals surface area contributed by atoms with Gasteiger partial charge in [-0.2, -0.15) is 4.31 Å². The van der Waals surface area contributed by atoms with Crippen molar-refractivity contribution in [2.24, 2.45) is 5.92 Å². The largest absolute Gasteiger partial charge is 0.495 e. The van der Waals surface area contributed by atoms with Crippen LogP contribution < -0.4 is 4.74 Å². The van der Waals surface area contributed by atoms with E-state index < -0.39 is 21.9 Å². The zero-order valence-corrected chi connectivity index (χ0v) is 13.4. The number of ether oxygens (including phenoxy) is 1. The number of halogens is 2. The highest BCUT2D eigenvalue weighted by atomic mass is 35.5. The van der Waals surface area contributed by atoms with Crippen molar-refractivity contribution in [2.75, 3.05) is 20.2 Å². The fourth-order valence-corrected chi connectivity index (χ4v) is 4.48. The second kappa shape index (κ2) is 6.00. The molecule has 1 aromatic rings. The Bertz CT molecular complexity index is 676. The summed E-state index contributed by atoms with van der Waals surface area (Å²) < 4.78 is 31.1. The second-order valence-corrected chi connectivity index (χ2v) is 7.32. The van der Waals surface area contributed by atoms with Crippen LogP contribution in [0, 0.1) is 5.92 Å². The van der Waals surface area contributed by atoms with Gasteiger partial charge in [-0.3, -0.25) is 4.79 Å². The van der Waals surface area contributed by atoms with E-state index in [1.54, 1.807) is 0 Å². The number of carbonyl (C=O) groups is 1. The predicted molar refractivity (Wildman–Crippen MR) is 77.5 cm³/mol. The fraction of sp³-hybridized carbons (Fsp3) is 0.417. The van der Waals surface area contributed by atoms with E-state index in [2.05, 4.69) is 0 Å². The maximum atomic E-state index is 12.5. The minimum Gasteiger partial charge on any atom is -0.495 e. The van der Waals surface area contributed by atoms with Gasteiger partial charge in [-0.1, -0.05) is 23.2 Å². The monoisotopic (exact) mass is 353 g/mol. The summed E-state index contributed by atoms with van der Waals surface area (Å²) >= 11 is 11.9. The molecule has 21 heavy (non-hydrogen) atoms. The number of benzene rings is 1. The molecular formula is C12H13Cl2NO5S. The van der Waals surface area contributed by atoms with E-state index in [1.807, 2.05) is 0 Å². The van der Waals surface area contributed by atoms with Crippen LogP contribution in [0.1, 0.15) is 6.42 Å². The SMILES string of the molecule is COc1cc(Cl)c(S(=O)(=O)N2CCC(C(=O)O)C2)cc1Cl. The number of aliphatic carboxylic acids is 1. The molecule has 6 nitrogen and oxygen atoms in total. The molecule has 1 atom stereocenters. The van der Waals surface area contributed by atoms with E-state index in [0.29, 0.717) is 0 Å². The smallest absolute Gasteiger partial charge is 0.307 e. The van der Waals surface area contributed by atoms with Crippen LogP contribution in [-0.4, -0.2) is 44.0 Å². The third-order valence-corrected chi connectivity index (χ3v) is 5.95. The molecule has 1 aromatic carbocycles. The molecule has 1 fully saturated rings. The van der Waals surface area contributed by atoms with Crippen molar-refractivity contribution in [2.45, 2.75) is 11.3 Å². The van der Waals surface area contributed by atoms with Crippen molar-refractivity contribution >= 4 is 39.2 Å². The van der Waals surface area contributed by atoms with Crippen LogP contribution in [0.5, 0.6) is 5.75 Å². The Balaban J connectivity index is 2.37. The Morgan fingerprint density at radius 1 is 1.38 bits per heavy atom. The highest BCUT2D eigenvalue weighted by Crippen LogP contribution is 2.36. The number of hydrogen-bond acceptors (Lipinski definition) is 4. The van der Waals surface area contributed by atoms with Crippen LogP contribution in [-0.2, 0) is 14.8 Å². The van der Waals surface area contributed by atoms with Gasteiger partial charge in [-0.05, 0) is 12.5 Å². The molecule has 0 radical (unpaired) electrons. The van der Waals surface area contributed by atoms with Crippen molar-refractivity contribution in [1.82, 2.24) is 4.31 Å². The van der Waals surface area contributed by atoms with E-state index in [-0.39, 0.29) is 40.2 Å². The maximum Gasteiger partial charge on any atom is 0.307 e. The van der Waals surface area contributed by atoms with Crippen molar-refractivity contribution < 1.29 is 23.1 Å². The Hall–Kier alpha value is -1.02. The lowest BCUT2D eigenvalue weighted by Crippen LogP contribution is -2.30. The fourth-order valence-electron chi connectivity index (χ4n) is 2.15. The molecule has 1 unspecified atom stereocenters. The number of hydrogen-bond donors (Lipinski definition) is 1. The predicted octanol–water partition coefficient (Wildman–Crippen LogP) is 2.10. The number of rotatable bonds is 4. The first-order valence-electron chi connectivity index (χ1n) is 6.03. The highest BCUT2D eigenvalue weighted by Gasteiger charge is 2.37. The summed E-state index contributed by atoms with van der Waals surface area (Å²) in [7, 11) is -2.49. The van der Waals surface area contributed by atoms with Crippen LogP contribution in [0.15, 0.2) is 17.0 Å². The van der Waals surface area contributed by atoms with Crippen LogP contribution in [0.25, 0.3) is 0 Å². The van der Waals surface area contributed by atoms with Gasteiger partial charge in [-0.15, -0.1) is 0 Å². The first-order valence-corrected chi connectivity index (χ1v) is 8.23. The number of sulfonamides is 1. The van der Waals surface area contributed by atoms with Gasteiger partial charge in [0.15, 0.2) is 0 Å². The standard InChI is InChI=1S/C12H13Cl2NO5S/c1-20-10-4-9(14)11(5-8(10)13)21(18,19)15-3-2-7(6-15)12(16)17/h4-5,7H,2-3,6H2,1H3,(H,16,17). The summed E-state index contributed by atoms with van der Waals surface area (Å²) in [5.41, 5.74) is 0. The van der Waals surface area contributed by atoms with Crippen LogP contribution in [0.4, 0.5) is 0 Å². The maximum absolute atomic E-state index is 12.5. The number of nitrogens with zero attached hydrogens (tertiary/aromatic N) is 1. The quantitative estimate of drug-likeness (QED) is 0.895. The molecule has 2 rings (SSSR count). The first kappa shape index (κ1) is 16.4. The number of methoxy groups -OCH3 is 1. The molecule has 1 N–H and O–H groups in total. The molecule has 0 aliphatic carbocycles. The Labute approximate surface area is 132 Å². The van der Waals surface area contributed by atoms with Gasteiger partial charge in [0.05, 0.1) is 23.1 Å². The zero-order chi connectivity index (χ0) is 15.8.